The van der Waals surface area contributed by atoms with Crippen molar-refractivity contribution in [2.75, 3.05) is 26.7 Å². The number of rotatable bonds is 2. The fourth-order valence-corrected chi connectivity index (χ4v) is 3.11. The smallest absolute Gasteiger partial charge is 0.0988 e. The number of piperidine rings is 1. The van der Waals surface area contributed by atoms with E-state index < -0.39 is 0 Å². The van der Waals surface area contributed by atoms with E-state index >= 15 is 0 Å². The van der Waals surface area contributed by atoms with Crippen molar-refractivity contribution >= 4 is 0 Å². The fraction of sp³-hybridized carbons (Fsp3) is 1.00. The Hall–Kier alpha value is -0.120. The Bertz CT molecular complexity index is 215. The number of hydrogen-bond donors (Lipinski definition) is 0. The lowest BCUT2D eigenvalue weighted by Gasteiger charge is -2.39. The third-order valence-electron chi connectivity index (χ3n) is 4.06. The normalized spacial score (nSPS) is 43.9. The third kappa shape index (κ3) is 1.38. The van der Waals surface area contributed by atoms with Gasteiger partial charge in [-0.15, -0.1) is 0 Å². The molecule has 3 unspecified atom stereocenters. The van der Waals surface area contributed by atoms with Crippen LogP contribution in [0, 0.1) is 5.92 Å². The second-order valence-corrected chi connectivity index (χ2v) is 5.06. The fourth-order valence-electron chi connectivity index (χ4n) is 3.11. The summed E-state index contributed by atoms with van der Waals surface area (Å²) >= 11 is 0. The molecule has 3 atom stereocenters. The molecule has 2 bridgehead atoms. The van der Waals surface area contributed by atoms with E-state index in [1.165, 1.54) is 32.2 Å². The van der Waals surface area contributed by atoms with Gasteiger partial charge in [0.25, 0.3) is 0 Å². The van der Waals surface area contributed by atoms with Crippen LogP contribution in [-0.2, 0) is 4.84 Å². The molecule has 0 radical (unpaired) electrons. The largest absolute Gasteiger partial charge is 0.300 e. The van der Waals surface area contributed by atoms with E-state index in [0.717, 1.165) is 25.0 Å². The highest BCUT2D eigenvalue weighted by molar-refractivity contribution is 5.04. The zero-order valence-electron chi connectivity index (χ0n) is 8.98. The Kier molecular flexibility index (Phi) is 2.26. The van der Waals surface area contributed by atoms with Gasteiger partial charge >= 0.3 is 0 Å². The molecule has 0 aromatic carbocycles. The van der Waals surface area contributed by atoms with Crippen LogP contribution in [-0.4, -0.2) is 48.8 Å². The van der Waals surface area contributed by atoms with Crippen LogP contribution < -0.4 is 0 Å². The van der Waals surface area contributed by atoms with E-state index in [0.29, 0.717) is 6.10 Å². The Morgan fingerprint density at radius 3 is 2.50 bits per heavy atom. The molecule has 3 saturated heterocycles. The Balaban J connectivity index is 1.53. The lowest BCUT2D eigenvalue weighted by Crippen LogP contribution is -2.49. The molecule has 0 spiro atoms. The van der Waals surface area contributed by atoms with Gasteiger partial charge in [-0.3, -0.25) is 4.84 Å². The predicted molar refractivity (Wildman–Crippen MR) is 54.8 cm³/mol. The summed E-state index contributed by atoms with van der Waals surface area (Å²) in [6.45, 7) is 3.56. The van der Waals surface area contributed by atoms with Crippen molar-refractivity contribution in [3.8, 4) is 0 Å². The molecule has 0 amide bonds. The van der Waals surface area contributed by atoms with Crippen molar-refractivity contribution in [1.29, 1.82) is 0 Å². The highest BCUT2D eigenvalue weighted by Gasteiger charge is 2.52. The van der Waals surface area contributed by atoms with Gasteiger partial charge in [-0.05, 0) is 26.3 Å². The van der Waals surface area contributed by atoms with Gasteiger partial charge < -0.3 is 4.90 Å². The van der Waals surface area contributed by atoms with E-state index in [9.17, 15) is 0 Å². The lowest BCUT2D eigenvalue weighted by molar-refractivity contribution is -0.239. The first-order valence-electron chi connectivity index (χ1n) is 5.96. The summed E-state index contributed by atoms with van der Waals surface area (Å²) in [6, 6.07) is 0.724. The molecule has 1 aliphatic carbocycles. The van der Waals surface area contributed by atoms with Crippen molar-refractivity contribution in [3.05, 3.63) is 0 Å². The molecule has 4 fully saturated rings. The highest BCUT2D eigenvalue weighted by Crippen LogP contribution is 2.42. The monoisotopic (exact) mass is 196 g/mol. The number of likely N-dealkylation sites (N-methyl/N-ethyl adjacent to an activating group) is 1. The average molecular weight is 196 g/mol. The average Bonchev–Trinajstić information content (AvgIpc) is 2.71. The SMILES string of the molecule is CN1CC2CC1C2ON1CCCCC1. The van der Waals surface area contributed by atoms with Crippen LogP contribution in [0.2, 0.25) is 0 Å². The maximum atomic E-state index is 6.08. The molecule has 80 valence electrons. The van der Waals surface area contributed by atoms with Crippen LogP contribution in [0.1, 0.15) is 25.7 Å². The van der Waals surface area contributed by atoms with E-state index in [4.69, 9.17) is 4.84 Å². The minimum absolute atomic E-state index is 0.526. The molecule has 3 aliphatic heterocycles. The minimum Gasteiger partial charge on any atom is -0.300 e. The van der Waals surface area contributed by atoms with Crippen LogP contribution in [0.4, 0.5) is 0 Å². The molecule has 3 heterocycles. The molecule has 0 aromatic rings. The van der Waals surface area contributed by atoms with Gasteiger partial charge in [-0.2, -0.15) is 5.06 Å². The topological polar surface area (TPSA) is 15.7 Å². The Morgan fingerprint density at radius 2 is 1.93 bits per heavy atom. The van der Waals surface area contributed by atoms with Crippen LogP contribution in [0.15, 0.2) is 0 Å². The van der Waals surface area contributed by atoms with Crippen LogP contribution in [0.3, 0.4) is 0 Å². The maximum Gasteiger partial charge on any atom is 0.0988 e. The molecular formula is C11H20N2O. The molecule has 0 N–H and O–H groups in total. The summed E-state index contributed by atoms with van der Waals surface area (Å²) in [6.07, 6.45) is 5.92. The molecule has 4 rings (SSSR count). The van der Waals surface area contributed by atoms with Crippen LogP contribution in [0.5, 0.6) is 0 Å². The lowest BCUT2D eigenvalue weighted by atomic mass is 9.82. The van der Waals surface area contributed by atoms with Crippen molar-refractivity contribution in [2.45, 2.75) is 37.8 Å². The zero-order chi connectivity index (χ0) is 9.54. The minimum atomic E-state index is 0.526. The van der Waals surface area contributed by atoms with Gasteiger partial charge in [0, 0.05) is 31.6 Å². The molecule has 4 aliphatic rings. The van der Waals surface area contributed by atoms with Crippen LogP contribution in [0.25, 0.3) is 0 Å². The summed E-state index contributed by atoms with van der Waals surface area (Å²) < 4.78 is 0. The van der Waals surface area contributed by atoms with E-state index in [2.05, 4.69) is 17.0 Å². The van der Waals surface area contributed by atoms with Gasteiger partial charge in [0.1, 0.15) is 0 Å². The maximum absolute atomic E-state index is 6.08. The summed E-state index contributed by atoms with van der Waals surface area (Å²) in [5, 5.41) is 2.21. The van der Waals surface area contributed by atoms with Gasteiger partial charge in [-0.1, -0.05) is 6.42 Å². The van der Waals surface area contributed by atoms with E-state index in [-0.39, 0.29) is 0 Å². The number of hydroxylamine groups is 2. The molecule has 1 saturated carbocycles. The summed E-state index contributed by atoms with van der Waals surface area (Å²) in [7, 11) is 2.23. The zero-order valence-corrected chi connectivity index (χ0v) is 8.98. The van der Waals surface area contributed by atoms with Crippen LogP contribution >= 0.6 is 0 Å². The highest BCUT2D eigenvalue weighted by atomic mass is 16.7. The van der Waals surface area contributed by atoms with Gasteiger partial charge in [0.2, 0.25) is 0 Å². The molecule has 3 heteroatoms. The van der Waals surface area contributed by atoms with Gasteiger partial charge in [0.15, 0.2) is 0 Å². The molecular weight excluding hydrogens is 176 g/mol. The van der Waals surface area contributed by atoms with E-state index in [1.54, 1.807) is 0 Å². The predicted octanol–water partition coefficient (Wildman–Crippen LogP) is 1.11. The number of fused-ring (bicyclic) bond motifs is 1. The first-order valence-corrected chi connectivity index (χ1v) is 5.96. The number of nitrogens with zero attached hydrogens (tertiary/aromatic N) is 2. The van der Waals surface area contributed by atoms with E-state index in [1.807, 2.05) is 0 Å². The molecule has 0 aromatic heterocycles. The second-order valence-electron chi connectivity index (χ2n) is 5.06. The standard InChI is InChI=1S/C11H20N2O/c1-12-8-9-7-10(12)11(9)14-13-5-3-2-4-6-13/h9-11H,2-8H2,1H3. The van der Waals surface area contributed by atoms with Gasteiger partial charge in [0.05, 0.1) is 6.10 Å². The summed E-state index contributed by atoms with van der Waals surface area (Å²) in [5.41, 5.74) is 0. The van der Waals surface area contributed by atoms with Gasteiger partial charge in [-0.25, -0.2) is 0 Å². The Labute approximate surface area is 86.0 Å². The molecule has 3 nitrogen and oxygen atoms in total. The van der Waals surface area contributed by atoms with Crippen molar-refractivity contribution in [1.82, 2.24) is 9.96 Å². The third-order valence-corrected chi connectivity index (χ3v) is 4.06. The Morgan fingerprint density at radius 1 is 1.14 bits per heavy atom. The van der Waals surface area contributed by atoms with Crippen molar-refractivity contribution in [2.24, 2.45) is 5.92 Å². The molecule has 14 heavy (non-hydrogen) atoms. The first kappa shape index (κ1) is 9.13. The quantitative estimate of drug-likeness (QED) is 0.658. The van der Waals surface area contributed by atoms with Crippen molar-refractivity contribution in [3.63, 3.8) is 0 Å². The first-order chi connectivity index (χ1) is 6.84. The number of hydrogen-bond acceptors (Lipinski definition) is 3. The summed E-state index contributed by atoms with van der Waals surface area (Å²) in [4.78, 5) is 8.53. The summed E-state index contributed by atoms with van der Waals surface area (Å²) in [5.74, 6) is 0.826. The second kappa shape index (κ2) is 3.47. The van der Waals surface area contributed by atoms with Crippen molar-refractivity contribution < 1.29 is 4.84 Å².